The number of H-pyrrole nitrogens is 1. The van der Waals surface area contributed by atoms with Gasteiger partial charge in [0.1, 0.15) is 39.8 Å². The van der Waals surface area contributed by atoms with Crippen molar-refractivity contribution in [2.24, 2.45) is 0 Å². The molecule has 1 aromatic heterocycles. The molecule has 3 N–H and O–H groups in total. The van der Waals surface area contributed by atoms with Gasteiger partial charge < -0.3 is 15.6 Å². The first-order chi connectivity index (χ1) is 14.6. The Morgan fingerprint density at radius 3 is 2.55 bits per heavy atom. The summed E-state index contributed by atoms with van der Waals surface area (Å²) in [5.74, 6) is -3.62. The Morgan fingerprint density at radius 2 is 1.90 bits per heavy atom. The molecule has 1 aliphatic carbocycles. The number of rotatable bonds is 3. The number of nitrogens with zero attached hydrogens (tertiary/aromatic N) is 1. The molecule has 4 rings (SSSR count). The fourth-order valence-electron chi connectivity index (χ4n) is 3.39. The minimum Gasteiger partial charge on any atom is -0.369 e. The Morgan fingerprint density at radius 1 is 1.16 bits per heavy atom. The van der Waals surface area contributed by atoms with Crippen molar-refractivity contribution in [2.45, 2.75) is 25.1 Å². The maximum atomic E-state index is 13.9. The predicted octanol–water partition coefficient (Wildman–Crippen LogP) is 2.93. The van der Waals surface area contributed by atoms with Gasteiger partial charge in [0, 0.05) is 12.1 Å². The van der Waals surface area contributed by atoms with Crippen LogP contribution in [0.1, 0.15) is 39.4 Å². The monoisotopic (exact) mass is 456 g/mol. The molecule has 162 valence electrons. The summed E-state index contributed by atoms with van der Waals surface area (Å²) in [5, 5.41) is 4.86. The van der Waals surface area contributed by atoms with Gasteiger partial charge >= 0.3 is 6.18 Å². The smallest absolute Gasteiger partial charge is 0.369 e. The van der Waals surface area contributed by atoms with E-state index >= 15 is 0 Å². The van der Waals surface area contributed by atoms with Gasteiger partial charge in [0.2, 0.25) is 17.5 Å². The Labute approximate surface area is 176 Å². The van der Waals surface area contributed by atoms with Gasteiger partial charge in [0.05, 0.1) is 5.56 Å². The van der Waals surface area contributed by atoms with Gasteiger partial charge in [-0.2, -0.15) is 13.2 Å². The summed E-state index contributed by atoms with van der Waals surface area (Å²) in [4.78, 5) is 43.9. The number of allylic oxidation sites excluding steroid dienone is 2. The summed E-state index contributed by atoms with van der Waals surface area (Å²) in [6, 6.07) is 1.34. The average molecular weight is 457 g/mol. The number of fused-ring (bicyclic) bond motifs is 1. The Hall–Kier alpha value is -3.21. The van der Waals surface area contributed by atoms with Gasteiger partial charge in [-0.25, -0.2) is 9.37 Å². The summed E-state index contributed by atoms with van der Waals surface area (Å²) in [7, 11) is 0. The lowest BCUT2D eigenvalue weighted by atomic mass is 10.00. The number of benzene rings is 1. The van der Waals surface area contributed by atoms with Crippen molar-refractivity contribution >= 4 is 29.1 Å². The fourth-order valence-corrected chi connectivity index (χ4v) is 3.62. The number of carbonyl (C=O) groups is 3. The highest BCUT2D eigenvalue weighted by Gasteiger charge is 2.38. The molecule has 1 fully saturated rings. The van der Waals surface area contributed by atoms with Crippen LogP contribution in [0, 0.1) is 5.82 Å². The van der Waals surface area contributed by atoms with E-state index in [0.717, 1.165) is 6.07 Å². The molecule has 2 aliphatic rings. The number of nitrogens with one attached hydrogen (secondary N) is 3. The number of aromatic amines is 1. The highest BCUT2D eigenvalue weighted by molar-refractivity contribution is 6.49. The van der Waals surface area contributed by atoms with Gasteiger partial charge in [0.25, 0.3) is 0 Å². The van der Waals surface area contributed by atoms with Crippen molar-refractivity contribution < 1.29 is 31.9 Å². The minimum atomic E-state index is -4.87. The van der Waals surface area contributed by atoms with E-state index in [2.05, 4.69) is 20.6 Å². The zero-order valence-electron chi connectivity index (χ0n) is 15.5. The number of hydrogen-bond donors (Lipinski definition) is 3. The lowest BCUT2D eigenvalue weighted by Crippen LogP contribution is -2.49. The number of amides is 1. The highest BCUT2D eigenvalue weighted by atomic mass is 35.5. The number of carbonyl (C=O) groups excluding carboxylic acids is 3. The Bertz CT molecular complexity index is 1160. The van der Waals surface area contributed by atoms with E-state index in [0.29, 0.717) is 31.5 Å². The molecule has 0 radical (unpaired) electrons. The maximum absolute atomic E-state index is 13.9. The van der Waals surface area contributed by atoms with Gasteiger partial charge in [-0.3, -0.25) is 14.4 Å². The first-order valence-electron chi connectivity index (χ1n) is 9.08. The van der Waals surface area contributed by atoms with E-state index in [1.54, 1.807) is 0 Å². The predicted molar refractivity (Wildman–Crippen MR) is 99.7 cm³/mol. The van der Waals surface area contributed by atoms with Crippen molar-refractivity contribution in [1.29, 1.82) is 0 Å². The van der Waals surface area contributed by atoms with E-state index in [-0.39, 0.29) is 34.4 Å². The summed E-state index contributed by atoms with van der Waals surface area (Å²) in [6.45, 7) is 0.493. The molecule has 31 heavy (non-hydrogen) atoms. The Balaban J connectivity index is 1.67. The number of halogens is 5. The molecular formula is C19H13ClF4N4O3. The fraction of sp³-hybridized carbons (Fsp3) is 0.263. The molecule has 0 bridgehead atoms. The SMILES string of the molecule is O=C1C(N[C@H]2CCCNC2=O)=C(Cl)C(=O)c2[nH]c(-c3ccc(C(F)(F)F)c(F)c3)nc21. The first-order valence-corrected chi connectivity index (χ1v) is 9.46. The number of aromatic nitrogens is 2. The van der Waals surface area contributed by atoms with Crippen LogP contribution in [0.2, 0.25) is 0 Å². The van der Waals surface area contributed by atoms with Crippen molar-refractivity contribution in [3.63, 3.8) is 0 Å². The molecule has 12 heteroatoms. The quantitative estimate of drug-likeness (QED) is 0.616. The molecule has 1 aromatic carbocycles. The average Bonchev–Trinajstić information content (AvgIpc) is 3.16. The first kappa shape index (κ1) is 21.0. The third kappa shape index (κ3) is 3.69. The van der Waals surface area contributed by atoms with Gasteiger partial charge in [0.15, 0.2) is 0 Å². The molecule has 1 saturated heterocycles. The molecule has 0 saturated carbocycles. The number of Topliss-reactive ketones (excluding diaryl/α,β-unsaturated/α-hetero) is 2. The summed E-state index contributed by atoms with van der Waals surface area (Å²) in [6.07, 6.45) is -3.79. The molecule has 1 aliphatic heterocycles. The molecule has 1 atom stereocenters. The van der Waals surface area contributed by atoms with E-state index in [1.807, 2.05) is 0 Å². The van der Waals surface area contributed by atoms with Gasteiger partial charge in [-0.1, -0.05) is 17.7 Å². The van der Waals surface area contributed by atoms with Crippen LogP contribution in [0.5, 0.6) is 0 Å². The van der Waals surface area contributed by atoms with Crippen molar-refractivity contribution in [3.8, 4) is 11.4 Å². The van der Waals surface area contributed by atoms with Crippen LogP contribution in [0.25, 0.3) is 11.4 Å². The third-order valence-electron chi connectivity index (χ3n) is 4.94. The molecule has 1 amide bonds. The molecular weight excluding hydrogens is 444 g/mol. The van der Waals surface area contributed by atoms with E-state index < -0.39 is 40.2 Å². The second kappa shape index (κ2) is 7.49. The van der Waals surface area contributed by atoms with E-state index in [4.69, 9.17) is 11.6 Å². The lowest BCUT2D eigenvalue weighted by molar-refractivity contribution is -0.140. The number of piperidine rings is 1. The molecule has 2 heterocycles. The maximum Gasteiger partial charge on any atom is 0.419 e. The Kier molecular flexibility index (Phi) is 5.08. The van der Waals surface area contributed by atoms with Crippen LogP contribution in [-0.4, -0.2) is 40.0 Å². The van der Waals surface area contributed by atoms with Crippen LogP contribution in [0.15, 0.2) is 28.9 Å². The number of hydrogen-bond acceptors (Lipinski definition) is 5. The van der Waals surface area contributed by atoms with Crippen molar-refractivity contribution in [2.75, 3.05) is 6.54 Å². The number of imidazole rings is 1. The highest BCUT2D eigenvalue weighted by Crippen LogP contribution is 2.34. The van der Waals surface area contributed by atoms with E-state index in [1.165, 1.54) is 0 Å². The second-order valence-corrected chi connectivity index (χ2v) is 7.36. The van der Waals surface area contributed by atoms with Crippen LogP contribution in [0.3, 0.4) is 0 Å². The van der Waals surface area contributed by atoms with Crippen LogP contribution in [-0.2, 0) is 11.0 Å². The van der Waals surface area contributed by atoms with Crippen LogP contribution >= 0.6 is 11.6 Å². The van der Waals surface area contributed by atoms with Crippen LogP contribution < -0.4 is 10.6 Å². The zero-order valence-corrected chi connectivity index (χ0v) is 16.2. The van der Waals surface area contributed by atoms with Gasteiger partial charge in [-0.05, 0) is 25.0 Å². The standard InChI is InChI=1S/C19H13ClF4N4O3/c20-11-12(26-10-2-1-5-25-18(10)31)16(30)14-13(15(11)29)27-17(28-14)7-3-4-8(9(21)6-7)19(22,23)24/h3-4,6,10,26H,1-2,5H2,(H,25,31)(H,27,28)/t10-/m0/s1. The largest absolute Gasteiger partial charge is 0.419 e. The normalized spacial score (nSPS) is 19.4. The number of ketones is 2. The molecule has 2 aromatic rings. The molecule has 0 spiro atoms. The van der Waals surface area contributed by atoms with Crippen LogP contribution in [0.4, 0.5) is 17.6 Å². The third-order valence-corrected chi connectivity index (χ3v) is 5.30. The summed E-state index contributed by atoms with van der Waals surface area (Å²) < 4.78 is 52.2. The second-order valence-electron chi connectivity index (χ2n) is 6.98. The lowest BCUT2D eigenvalue weighted by Gasteiger charge is -2.25. The zero-order chi connectivity index (χ0) is 22.5. The molecule has 7 nitrogen and oxygen atoms in total. The van der Waals surface area contributed by atoms with Gasteiger partial charge in [-0.15, -0.1) is 0 Å². The molecule has 0 unspecified atom stereocenters. The van der Waals surface area contributed by atoms with Crippen molar-refractivity contribution in [3.05, 3.63) is 51.7 Å². The summed E-state index contributed by atoms with van der Waals surface area (Å²) >= 11 is 6.06. The van der Waals surface area contributed by atoms with E-state index in [9.17, 15) is 31.9 Å². The topological polar surface area (TPSA) is 104 Å². The van der Waals surface area contributed by atoms with Crippen molar-refractivity contribution in [1.82, 2.24) is 20.6 Å². The minimum absolute atomic E-state index is 0.0993. The summed E-state index contributed by atoms with van der Waals surface area (Å²) in [5.41, 5.74) is -2.45. The number of alkyl halides is 3.